The van der Waals surface area contributed by atoms with Crippen molar-refractivity contribution >= 4 is 11.9 Å². The van der Waals surface area contributed by atoms with Crippen LogP contribution in [0.4, 0.5) is 19.1 Å². The molecule has 2 saturated heterocycles. The van der Waals surface area contributed by atoms with Gasteiger partial charge in [-0.05, 0) is 49.3 Å². The summed E-state index contributed by atoms with van der Waals surface area (Å²) in [4.78, 5) is 15.4. The summed E-state index contributed by atoms with van der Waals surface area (Å²) in [5.74, 6) is -0.358. The fourth-order valence-corrected chi connectivity index (χ4v) is 5.36. The van der Waals surface area contributed by atoms with Crippen molar-refractivity contribution in [3.05, 3.63) is 29.6 Å². The summed E-state index contributed by atoms with van der Waals surface area (Å²) in [7, 11) is 0. The van der Waals surface area contributed by atoms with Gasteiger partial charge in [0.1, 0.15) is 11.6 Å². The first kappa shape index (κ1) is 20.1. The van der Waals surface area contributed by atoms with Crippen LogP contribution < -0.4 is 15.0 Å². The van der Waals surface area contributed by atoms with E-state index in [4.69, 9.17) is 0 Å². The summed E-state index contributed by atoms with van der Waals surface area (Å²) in [5.41, 5.74) is -0.752. The van der Waals surface area contributed by atoms with Gasteiger partial charge in [0, 0.05) is 23.7 Å². The number of halogens is 3. The van der Waals surface area contributed by atoms with Crippen molar-refractivity contribution in [1.82, 2.24) is 25.9 Å². The van der Waals surface area contributed by atoms with Crippen molar-refractivity contribution in [3.8, 4) is 5.75 Å². The highest BCUT2D eigenvalue weighted by atomic mass is 19.3. The number of hydrogen-bond donors (Lipinski definition) is 2. The fourth-order valence-electron chi connectivity index (χ4n) is 5.36. The summed E-state index contributed by atoms with van der Waals surface area (Å²) in [6.45, 7) is -0.888. The minimum absolute atomic E-state index is 0.0465. The number of fused-ring (bicyclic) bond motifs is 2. The summed E-state index contributed by atoms with van der Waals surface area (Å²) in [6.07, 6.45) is 3.71. The normalized spacial score (nSPS) is 28.6. The zero-order valence-corrected chi connectivity index (χ0v) is 16.9. The number of ether oxygens (including phenoxy) is 1. The van der Waals surface area contributed by atoms with Crippen LogP contribution in [-0.2, 0) is 10.2 Å². The standard InChI is InChI=1S/C20H23F3N6O2/c1-10-8-14(16-5-4-15(10)29(16)19-25-27-28-26-19)24-17(30)20(6-7-20)12-3-2-11(9-13(12)21)31-18(22)23/h2-3,9-10,14-16,18H,4-8H2,1H3,(H,24,30)(H,25,26,27,28). The van der Waals surface area contributed by atoms with Gasteiger partial charge in [-0.1, -0.05) is 18.1 Å². The van der Waals surface area contributed by atoms with Gasteiger partial charge in [-0.3, -0.25) is 4.79 Å². The van der Waals surface area contributed by atoms with E-state index in [9.17, 15) is 18.0 Å². The second-order valence-corrected chi connectivity index (χ2v) is 8.73. The van der Waals surface area contributed by atoms with Crippen molar-refractivity contribution in [2.75, 3.05) is 4.90 Å². The van der Waals surface area contributed by atoms with Crippen LogP contribution in [-0.4, -0.2) is 51.3 Å². The lowest BCUT2D eigenvalue weighted by molar-refractivity contribution is -0.124. The summed E-state index contributed by atoms with van der Waals surface area (Å²) < 4.78 is 43.8. The minimum atomic E-state index is -3.03. The fraction of sp³-hybridized carbons (Fsp3) is 0.600. The number of carbonyl (C=O) groups is 1. The lowest BCUT2D eigenvalue weighted by atomic mass is 9.87. The molecule has 31 heavy (non-hydrogen) atoms. The molecule has 4 atom stereocenters. The van der Waals surface area contributed by atoms with E-state index in [-0.39, 0.29) is 29.3 Å². The number of alkyl halides is 2. The molecular formula is C20H23F3N6O2. The van der Waals surface area contributed by atoms with Crippen molar-refractivity contribution in [1.29, 1.82) is 0 Å². The summed E-state index contributed by atoms with van der Waals surface area (Å²) >= 11 is 0. The largest absolute Gasteiger partial charge is 0.435 e. The Bertz CT molecular complexity index is 968. The first-order valence-corrected chi connectivity index (χ1v) is 10.5. The van der Waals surface area contributed by atoms with Gasteiger partial charge in [-0.2, -0.15) is 14.0 Å². The van der Waals surface area contributed by atoms with E-state index in [0.29, 0.717) is 30.7 Å². The van der Waals surface area contributed by atoms with E-state index in [0.717, 1.165) is 25.3 Å². The Morgan fingerprint density at radius 1 is 1.32 bits per heavy atom. The smallest absolute Gasteiger partial charge is 0.387 e. The molecule has 0 spiro atoms. The number of hydrogen-bond acceptors (Lipinski definition) is 6. The number of rotatable bonds is 6. The highest BCUT2D eigenvalue weighted by molar-refractivity contribution is 5.91. The van der Waals surface area contributed by atoms with E-state index in [1.54, 1.807) is 0 Å². The van der Waals surface area contributed by atoms with Crippen LogP contribution in [0.25, 0.3) is 0 Å². The van der Waals surface area contributed by atoms with Gasteiger partial charge in [0.25, 0.3) is 5.95 Å². The Balaban J connectivity index is 1.35. The molecule has 11 heteroatoms. The zero-order valence-electron chi connectivity index (χ0n) is 16.9. The molecule has 8 nitrogen and oxygen atoms in total. The maximum Gasteiger partial charge on any atom is 0.387 e. The lowest BCUT2D eigenvalue weighted by Gasteiger charge is -2.43. The number of anilines is 1. The lowest BCUT2D eigenvalue weighted by Crippen LogP contribution is -2.58. The van der Waals surface area contributed by atoms with Gasteiger partial charge < -0.3 is 15.0 Å². The number of aromatic nitrogens is 4. The zero-order chi connectivity index (χ0) is 21.8. The van der Waals surface area contributed by atoms with Gasteiger partial charge in [-0.25, -0.2) is 4.39 Å². The summed E-state index contributed by atoms with van der Waals surface area (Å²) in [6, 6.07) is 3.79. The Hall–Kier alpha value is -2.85. The maximum atomic E-state index is 14.7. The SMILES string of the molecule is CC1CC(NC(=O)C2(c3ccc(OC(F)F)cc3F)CC2)C2CCC1N2c1nn[nH]n1. The number of benzene rings is 1. The third kappa shape index (κ3) is 3.39. The van der Waals surface area contributed by atoms with Gasteiger partial charge in [0.05, 0.1) is 11.5 Å². The average molecular weight is 436 g/mol. The van der Waals surface area contributed by atoms with E-state index in [1.165, 1.54) is 12.1 Å². The van der Waals surface area contributed by atoms with E-state index in [1.807, 2.05) is 0 Å². The average Bonchev–Trinajstić information content (AvgIpc) is 3.18. The number of tetrazole rings is 1. The molecule has 2 aliphatic heterocycles. The predicted molar refractivity (Wildman–Crippen MR) is 103 cm³/mol. The molecule has 1 aliphatic carbocycles. The van der Waals surface area contributed by atoms with Crippen LogP contribution in [0.3, 0.4) is 0 Å². The van der Waals surface area contributed by atoms with Crippen LogP contribution in [0.15, 0.2) is 18.2 Å². The molecule has 0 radical (unpaired) electrons. The number of nitrogens with zero attached hydrogens (tertiary/aromatic N) is 4. The van der Waals surface area contributed by atoms with Crippen LogP contribution in [0.5, 0.6) is 5.75 Å². The predicted octanol–water partition coefficient (Wildman–Crippen LogP) is 2.53. The van der Waals surface area contributed by atoms with Crippen LogP contribution in [0, 0.1) is 11.7 Å². The monoisotopic (exact) mass is 436 g/mol. The van der Waals surface area contributed by atoms with Crippen LogP contribution in [0.2, 0.25) is 0 Å². The molecule has 1 aromatic heterocycles. The molecular weight excluding hydrogens is 413 g/mol. The van der Waals surface area contributed by atoms with Crippen molar-refractivity contribution in [3.63, 3.8) is 0 Å². The third-order valence-corrected chi connectivity index (χ3v) is 6.97. The molecule has 4 unspecified atom stereocenters. The molecule has 1 aromatic carbocycles. The molecule has 3 fully saturated rings. The molecule has 2 aromatic rings. The first-order valence-electron chi connectivity index (χ1n) is 10.5. The van der Waals surface area contributed by atoms with Crippen LogP contribution >= 0.6 is 0 Å². The van der Waals surface area contributed by atoms with Gasteiger partial charge >= 0.3 is 6.61 Å². The topological polar surface area (TPSA) is 96.0 Å². The quantitative estimate of drug-likeness (QED) is 0.723. The van der Waals surface area contributed by atoms with Crippen molar-refractivity contribution < 1.29 is 22.7 Å². The molecule has 1 amide bonds. The van der Waals surface area contributed by atoms with Crippen LogP contribution in [0.1, 0.15) is 44.6 Å². The summed E-state index contributed by atoms with van der Waals surface area (Å²) in [5, 5.41) is 17.6. The van der Waals surface area contributed by atoms with Crippen molar-refractivity contribution in [2.24, 2.45) is 5.92 Å². The highest BCUT2D eigenvalue weighted by Gasteiger charge is 2.55. The maximum absolute atomic E-state index is 14.7. The number of amides is 1. The van der Waals surface area contributed by atoms with E-state index >= 15 is 0 Å². The van der Waals surface area contributed by atoms with E-state index < -0.39 is 17.8 Å². The second-order valence-electron chi connectivity index (χ2n) is 8.73. The number of piperidine rings is 1. The Morgan fingerprint density at radius 3 is 2.74 bits per heavy atom. The van der Waals surface area contributed by atoms with Gasteiger partial charge in [0.2, 0.25) is 5.91 Å². The Morgan fingerprint density at radius 2 is 2.10 bits per heavy atom. The second kappa shape index (κ2) is 7.38. The molecule has 5 rings (SSSR count). The molecule has 166 valence electrons. The van der Waals surface area contributed by atoms with E-state index in [2.05, 4.69) is 42.5 Å². The van der Waals surface area contributed by atoms with Gasteiger partial charge in [0.15, 0.2) is 0 Å². The number of nitrogens with one attached hydrogen (secondary N) is 2. The minimum Gasteiger partial charge on any atom is -0.435 e. The molecule has 2 bridgehead atoms. The highest BCUT2D eigenvalue weighted by Crippen LogP contribution is 2.50. The van der Waals surface area contributed by atoms with Crippen molar-refractivity contribution in [2.45, 2.75) is 69.2 Å². The van der Waals surface area contributed by atoms with Gasteiger partial charge in [-0.15, -0.1) is 5.10 Å². The molecule has 1 saturated carbocycles. The number of H-pyrrole nitrogens is 1. The molecule has 3 aliphatic rings. The molecule has 2 N–H and O–H groups in total. The molecule has 3 heterocycles. The number of carbonyl (C=O) groups excluding carboxylic acids is 1. The number of aromatic amines is 1. The Labute approximate surface area is 176 Å². The first-order chi connectivity index (χ1) is 14.9. The third-order valence-electron chi connectivity index (χ3n) is 6.97. The Kier molecular flexibility index (Phi) is 4.78.